The van der Waals surface area contributed by atoms with Crippen molar-refractivity contribution in [2.45, 2.75) is 12.5 Å². The Morgan fingerprint density at radius 2 is 1.93 bits per heavy atom. The number of fused-ring (bicyclic) bond motifs is 2. The van der Waals surface area contributed by atoms with E-state index in [0.717, 1.165) is 47.1 Å². The minimum absolute atomic E-state index is 0.136. The van der Waals surface area contributed by atoms with E-state index in [4.69, 9.17) is 4.74 Å². The second kappa shape index (κ2) is 6.62. The van der Waals surface area contributed by atoms with Gasteiger partial charge in [-0.1, -0.05) is 12.1 Å². The minimum Gasteiger partial charge on any atom is -0.482 e. The van der Waals surface area contributed by atoms with Gasteiger partial charge in [-0.25, -0.2) is 4.98 Å². The molecule has 27 heavy (non-hydrogen) atoms. The van der Waals surface area contributed by atoms with Crippen molar-refractivity contribution in [2.24, 2.45) is 0 Å². The predicted molar refractivity (Wildman–Crippen MR) is 108 cm³/mol. The topological polar surface area (TPSA) is 45.7 Å². The van der Waals surface area contributed by atoms with Gasteiger partial charge in [0.15, 0.2) is 11.9 Å². The molecule has 0 spiro atoms. The summed E-state index contributed by atoms with van der Waals surface area (Å²) >= 11 is 1.61. The zero-order valence-electron chi connectivity index (χ0n) is 15.2. The third kappa shape index (κ3) is 3.09. The average molecular weight is 379 g/mol. The second-order valence-electron chi connectivity index (χ2n) is 7.22. The summed E-state index contributed by atoms with van der Waals surface area (Å²) in [6, 6.07) is 14.0. The van der Waals surface area contributed by atoms with Gasteiger partial charge in [0.2, 0.25) is 0 Å². The number of rotatable bonds is 2. The summed E-state index contributed by atoms with van der Waals surface area (Å²) in [4.78, 5) is 22.2. The minimum atomic E-state index is -0.295. The van der Waals surface area contributed by atoms with Crippen LogP contribution in [0.3, 0.4) is 0 Å². The molecule has 138 valence electrons. The Morgan fingerprint density at radius 1 is 1.11 bits per heavy atom. The first kappa shape index (κ1) is 16.7. The lowest BCUT2D eigenvalue weighted by molar-refractivity contribution is 0.0850. The molecule has 1 fully saturated rings. The highest BCUT2D eigenvalue weighted by atomic mass is 32.1. The van der Waals surface area contributed by atoms with E-state index in [1.54, 1.807) is 11.3 Å². The van der Waals surface area contributed by atoms with Gasteiger partial charge >= 0.3 is 0 Å². The normalized spacial score (nSPS) is 20.6. The van der Waals surface area contributed by atoms with Gasteiger partial charge in [-0.05, 0) is 37.4 Å². The number of carbonyl (C=O) groups is 1. The first-order valence-corrected chi connectivity index (χ1v) is 10.1. The van der Waals surface area contributed by atoms with E-state index in [-0.39, 0.29) is 11.9 Å². The summed E-state index contributed by atoms with van der Waals surface area (Å²) in [5, 5.41) is 0.873. The van der Waals surface area contributed by atoms with Gasteiger partial charge in [0.1, 0.15) is 10.8 Å². The maximum Gasteiger partial charge on any atom is 0.170 e. The molecule has 0 radical (unpaired) electrons. The number of hydrogen-bond donors (Lipinski definition) is 0. The summed E-state index contributed by atoms with van der Waals surface area (Å²) in [7, 11) is 2.14. The second-order valence-corrected chi connectivity index (χ2v) is 8.29. The Balaban J connectivity index is 1.41. The number of aromatic nitrogens is 1. The fraction of sp³-hybridized carbons (Fsp3) is 0.333. The van der Waals surface area contributed by atoms with Gasteiger partial charge < -0.3 is 14.5 Å². The van der Waals surface area contributed by atoms with E-state index >= 15 is 0 Å². The number of carbonyl (C=O) groups excluding carboxylic acids is 1. The molecule has 1 saturated heterocycles. The fourth-order valence-electron chi connectivity index (χ4n) is 3.74. The lowest BCUT2D eigenvalue weighted by Gasteiger charge is -2.34. The molecule has 5 rings (SSSR count). The lowest BCUT2D eigenvalue weighted by atomic mass is 10.00. The van der Waals surface area contributed by atoms with E-state index < -0.39 is 0 Å². The first-order valence-electron chi connectivity index (χ1n) is 9.30. The largest absolute Gasteiger partial charge is 0.482 e. The van der Waals surface area contributed by atoms with Gasteiger partial charge in [-0.15, -0.1) is 11.3 Å². The van der Waals surface area contributed by atoms with Crippen LogP contribution in [0.15, 0.2) is 42.5 Å². The molecule has 6 heteroatoms. The Labute approximate surface area is 162 Å². The molecule has 0 N–H and O–H groups in total. The van der Waals surface area contributed by atoms with E-state index in [9.17, 15) is 4.79 Å². The smallest absolute Gasteiger partial charge is 0.170 e. The van der Waals surface area contributed by atoms with Crippen LogP contribution in [0.1, 0.15) is 27.9 Å². The zero-order chi connectivity index (χ0) is 18.4. The van der Waals surface area contributed by atoms with Crippen LogP contribution in [-0.4, -0.2) is 48.9 Å². The molecule has 0 bridgehead atoms. The van der Waals surface area contributed by atoms with Crippen LogP contribution in [0, 0.1) is 0 Å². The molecule has 2 aromatic carbocycles. The number of ketones is 1. The third-order valence-corrected chi connectivity index (χ3v) is 6.49. The molecule has 3 aromatic rings. The SMILES string of the molecule is CN1CCN(c2ccc3c(c2)C(=O)CC(c2nc4ccccc4s2)O3)CC1. The highest BCUT2D eigenvalue weighted by Gasteiger charge is 2.30. The number of Topliss-reactive ketones (excluding diaryl/α,β-unsaturated/α-hetero) is 1. The Bertz CT molecular complexity index is 975. The molecule has 0 amide bonds. The van der Waals surface area contributed by atoms with Crippen molar-refractivity contribution in [1.82, 2.24) is 9.88 Å². The third-order valence-electron chi connectivity index (χ3n) is 5.36. The molecule has 5 nitrogen and oxygen atoms in total. The van der Waals surface area contributed by atoms with Crippen molar-refractivity contribution in [1.29, 1.82) is 0 Å². The summed E-state index contributed by atoms with van der Waals surface area (Å²) in [6.07, 6.45) is 0.0517. The van der Waals surface area contributed by atoms with Crippen LogP contribution in [-0.2, 0) is 0 Å². The van der Waals surface area contributed by atoms with Gasteiger partial charge in [0.05, 0.1) is 22.2 Å². The number of benzene rings is 2. The number of nitrogens with zero attached hydrogens (tertiary/aromatic N) is 3. The van der Waals surface area contributed by atoms with Crippen LogP contribution >= 0.6 is 11.3 Å². The molecule has 2 aliphatic heterocycles. The molecule has 1 atom stereocenters. The highest BCUT2D eigenvalue weighted by Crippen LogP contribution is 2.39. The standard InChI is InChI=1S/C21H21N3O2S/c1-23-8-10-24(11-9-23)14-6-7-18-15(12-14)17(25)13-19(26-18)21-22-16-4-2-3-5-20(16)27-21/h2-7,12,19H,8-11,13H2,1H3. The maximum absolute atomic E-state index is 12.8. The number of piperazine rings is 1. The predicted octanol–water partition coefficient (Wildman–Crippen LogP) is 3.75. The van der Waals surface area contributed by atoms with E-state index in [1.165, 1.54) is 0 Å². The Kier molecular flexibility index (Phi) is 4.10. The quantitative estimate of drug-likeness (QED) is 0.679. The van der Waals surface area contributed by atoms with Gasteiger partial charge in [0.25, 0.3) is 0 Å². The van der Waals surface area contributed by atoms with Gasteiger partial charge in [0, 0.05) is 31.9 Å². The number of para-hydroxylation sites is 1. The van der Waals surface area contributed by atoms with Crippen LogP contribution in [0.5, 0.6) is 5.75 Å². The Morgan fingerprint density at radius 3 is 2.74 bits per heavy atom. The summed E-state index contributed by atoms with van der Waals surface area (Å²) in [5.74, 6) is 0.810. The monoisotopic (exact) mass is 379 g/mol. The van der Waals surface area contributed by atoms with Crippen LogP contribution in [0.25, 0.3) is 10.2 Å². The fourth-order valence-corrected chi connectivity index (χ4v) is 4.74. The van der Waals surface area contributed by atoms with E-state index in [1.807, 2.05) is 30.3 Å². The Hall–Kier alpha value is -2.44. The van der Waals surface area contributed by atoms with Crippen LogP contribution < -0.4 is 9.64 Å². The average Bonchev–Trinajstić information content (AvgIpc) is 3.13. The molecule has 1 unspecified atom stereocenters. The van der Waals surface area contributed by atoms with E-state index in [0.29, 0.717) is 17.7 Å². The first-order chi connectivity index (χ1) is 13.2. The van der Waals surface area contributed by atoms with Crippen molar-refractivity contribution < 1.29 is 9.53 Å². The molecular formula is C21H21N3O2S. The molecule has 2 aliphatic rings. The number of thiazole rings is 1. The van der Waals surface area contributed by atoms with Crippen molar-refractivity contribution in [3.63, 3.8) is 0 Å². The summed E-state index contributed by atoms with van der Waals surface area (Å²) in [6.45, 7) is 4.06. The number of ether oxygens (including phenoxy) is 1. The summed E-state index contributed by atoms with van der Waals surface area (Å²) < 4.78 is 7.30. The lowest BCUT2D eigenvalue weighted by Crippen LogP contribution is -2.44. The van der Waals surface area contributed by atoms with Crippen LogP contribution in [0.2, 0.25) is 0 Å². The zero-order valence-corrected chi connectivity index (χ0v) is 16.0. The van der Waals surface area contributed by atoms with Crippen molar-refractivity contribution >= 4 is 33.0 Å². The van der Waals surface area contributed by atoms with Gasteiger partial charge in [-0.2, -0.15) is 0 Å². The highest BCUT2D eigenvalue weighted by molar-refractivity contribution is 7.18. The maximum atomic E-state index is 12.8. The number of hydrogen-bond acceptors (Lipinski definition) is 6. The number of anilines is 1. The molecule has 0 aliphatic carbocycles. The molecular weight excluding hydrogens is 358 g/mol. The molecule has 0 saturated carbocycles. The number of likely N-dealkylation sites (N-methyl/N-ethyl adjacent to an activating group) is 1. The van der Waals surface area contributed by atoms with Crippen LogP contribution in [0.4, 0.5) is 5.69 Å². The summed E-state index contributed by atoms with van der Waals surface area (Å²) in [5.41, 5.74) is 2.77. The van der Waals surface area contributed by atoms with Crippen molar-refractivity contribution in [3.8, 4) is 5.75 Å². The van der Waals surface area contributed by atoms with E-state index in [2.05, 4.69) is 34.0 Å². The van der Waals surface area contributed by atoms with Crippen molar-refractivity contribution in [3.05, 3.63) is 53.0 Å². The molecule has 1 aromatic heterocycles. The van der Waals surface area contributed by atoms with Gasteiger partial charge in [-0.3, -0.25) is 4.79 Å². The molecule has 3 heterocycles. The van der Waals surface area contributed by atoms with Crippen molar-refractivity contribution in [2.75, 3.05) is 38.1 Å².